The molecule has 6 nitrogen and oxygen atoms in total. The van der Waals surface area contributed by atoms with Crippen molar-refractivity contribution in [3.05, 3.63) is 29.6 Å². The van der Waals surface area contributed by atoms with E-state index in [9.17, 15) is 14.7 Å². The van der Waals surface area contributed by atoms with Gasteiger partial charge in [0.25, 0.3) is 0 Å². The third-order valence-electron chi connectivity index (χ3n) is 5.17. The minimum absolute atomic E-state index is 0.107. The van der Waals surface area contributed by atoms with E-state index in [0.717, 1.165) is 31.7 Å². The number of piperidine rings is 1. The van der Waals surface area contributed by atoms with Gasteiger partial charge in [-0.3, -0.25) is 19.5 Å². The van der Waals surface area contributed by atoms with Crippen molar-refractivity contribution in [1.82, 2.24) is 15.2 Å². The van der Waals surface area contributed by atoms with Crippen LogP contribution in [0.4, 0.5) is 0 Å². The summed E-state index contributed by atoms with van der Waals surface area (Å²) in [5.41, 5.74) is 1.70. The van der Waals surface area contributed by atoms with Crippen molar-refractivity contribution in [2.24, 2.45) is 5.92 Å². The Morgan fingerprint density at radius 2 is 2.17 bits per heavy atom. The number of aromatic nitrogens is 1. The fraction of sp³-hybridized carbons (Fsp3) is 0.588. The number of carbonyl (C=O) groups is 2. The molecule has 6 heteroatoms. The fourth-order valence-electron chi connectivity index (χ4n) is 3.69. The highest BCUT2D eigenvalue weighted by atomic mass is 16.4. The molecule has 2 aliphatic heterocycles. The second kappa shape index (κ2) is 6.28. The van der Waals surface area contributed by atoms with Crippen LogP contribution in [0.25, 0.3) is 0 Å². The lowest BCUT2D eigenvalue weighted by Crippen LogP contribution is -2.55. The zero-order valence-electron chi connectivity index (χ0n) is 13.4. The molecule has 3 heterocycles. The number of carbonyl (C=O) groups excluding carboxylic acids is 1. The first kappa shape index (κ1) is 15.9. The molecular weight excluding hydrogens is 294 g/mol. The predicted octanol–water partition coefficient (Wildman–Crippen LogP) is 1.20. The second-order valence-corrected chi connectivity index (χ2v) is 6.59. The van der Waals surface area contributed by atoms with Crippen molar-refractivity contribution in [3.8, 4) is 0 Å². The Hall–Kier alpha value is -1.95. The Morgan fingerprint density at radius 1 is 1.43 bits per heavy atom. The summed E-state index contributed by atoms with van der Waals surface area (Å²) in [5.74, 6) is -1.60. The molecule has 23 heavy (non-hydrogen) atoms. The average Bonchev–Trinajstić information content (AvgIpc) is 2.87. The molecule has 0 aromatic carbocycles. The highest BCUT2D eigenvalue weighted by Gasteiger charge is 2.51. The lowest BCUT2D eigenvalue weighted by atomic mass is 9.77. The summed E-state index contributed by atoms with van der Waals surface area (Å²) in [5, 5.41) is 12.3. The maximum absolute atomic E-state index is 11.7. The number of aliphatic carboxylic acids is 1. The summed E-state index contributed by atoms with van der Waals surface area (Å²) in [7, 11) is 0. The molecular formula is C17H23N3O3. The Labute approximate surface area is 135 Å². The van der Waals surface area contributed by atoms with Crippen LogP contribution in [-0.2, 0) is 22.6 Å². The quantitative estimate of drug-likeness (QED) is 0.872. The molecule has 2 fully saturated rings. The Bertz CT molecular complexity index is 592. The molecule has 0 aliphatic carbocycles. The smallest absolute Gasteiger partial charge is 0.309 e. The number of hydrogen-bond donors (Lipinski definition) is 2. The minimum atomic E-state index is -0.867. The van der Waals surface area contributed by atoms with Crippen molar-refractivity contribution in [1.29, 1.82) is 0 Å². The number of carboxylic acids is 1. The molecule has 2 N–H and O–H groups in total. The highest BCUT2D eigenvalue weighted by Crippen LogP contribution is 2.37. The third kappa shape index (κ3) is 3.22. The van der Waals surface area contributed by atoms with E-state index in [0.29, 0.717) is 12.8 Å². The summed E-state index contributed by atoms with van der Waals surface area (Å²) < 4.78 is 0. The summed E-state index contributed by atoms with van der Waals surface area (Å²) >= 11 is 0. The predicted molar refractivity (Wildman–Crippen MR) is 84.7 cm³/mol. The first-order valence-electron chi connectivity index (χ1n) is 8.22. The number of pyridine rings is 1. The Kier molecular flexibility index (Phi) is 4.35. The van der Waals surface area contributed by atoms with E-state index in [2.05, 4.69) is 34.3 Å². The molecule has 1 amide bonds. The van der Waals surface area contributed by atoms with Gasteiger partial charge in [-0.05, 0) is 30.9 Å². The van der Waals surface area contributed by atoms with Crippen LogP contribution in [-0.4, -0.2) is 45.5 Å². The van der Waals surface area contributed by atoms with Crippen LogP contribution in [0.1, 0.15) is 37.4 Å². The van der Waals surface area contributed by atoms with E-state index in [1.54, 1.807) is 0 Å². The van der Waals surface area contributed by atoms with Crippen LogP contribution in [0.2, 0.25) is 0 Å². The van der Waals surface area contributed by atoms with Gasteiger partial charge in [-0.2, -0.15) is 0 Å². The average molecular weight is 317 g/mol. The minimum Gasteiger partial charge on any atom is -0.481 e. The highest BCUT2D eigenvalue weighted by molar-refractivity contribution is 5.88. The van der Waals surface area contributed by atoms with Crippen molar-refractivity contribution in [2.45, 2.75) is 44.7 Å². The second-order valence-electron chi connectivity index (χ2n) is 6.59. The molecule has 0 radical (unpaired) electrons. The fourth-order valence-corrected chi connectivity index (χ4v) is 3.69. The van der Waals surface area contributed by atoms with E-state index >= 15 is 0 Å². The van der Waals surface area contributed by atoms with Crippen LogP contribution >= 0.6 is 0 Å². The topological polar surface area (TPSA) is 82.5 Å². The Morgan fingerprint density at radius 3 is 2.74 bits per heavy atom. The number of nitrogens with one attached hydrogen (secondary N) is 1. The van der Waals surface area contributed by atoms with Gasteiger partial charge in [-0.1, -0.05) is 13.0 Å². The lowest BCUT2D eigenvalue weighted by Gasteiger charge is -2.41. The molecule has 2 aliphatic rings. The lowest BCUT2D eigenvalue weighted by molar-refractivity contribution is -0.144. The molecule has 2 saturated heterocycles. The standard InChI is InChI=1S/C17H23N3O3/c1-2-12-3-4-13(18-10-12)11-20-7-5-17(6-8-20)14(16(22)23)9-15(21)19-17/h3-4,10,14H,2,5-9,11H2,1H3,(H,19,21)(H,22,23)/t14-/m0/s1. The zero-order chi connectivity index (χ0) is 16.4. The number of hydrogen-bond acceptors (Lipinski definition) is 4. The first-order valence-corrected chi connectivity index (χ1v) is 8.22. The summed E-state index contributed by atoms with van der Waals surface area (Å²) in [6.45, 7) is 4.43. The zero-order valence-corrected chi connectivity index (χ0v) is 13.4. The van der Waals surface area contributed by atoms with Crippen molar-refractivity contribution in [3.63, 3.8) is 0 Å². The largest absolute Gasteiger partial charge is 0.481 e. The van der Waals surface area contributed by atoms with E-state index in [1.165, 1.54) is 5.56 Å². The maximum Gasteiger partial charge on any atom is 0.309 e. The molecule has 1 aromatic rings. The van der Waals surface area contributed by atoms with E-state index in [4.69, 9.17) is 0 Å². The number of carboxylic acid groups (broad SMARTS) is 1. The van der Waals surface area contributed by atoms with E-state index in [-0.39, 0.29) is 12.3 Å². The van der Waals surface area contributed by atoms with Gasteiger partial charge in [0, 0.05) is 32.3 Å². The maximum atomic E-state index is 11.7. The van der Waals surface area contributed by atoms with E-state index < -0.39 is 17.4 Å². The molecule has 1 atom stereocenters. The van der Waals surface area contributed by atoms with Gasteiger partial charge in [0.1, 0.15) is 0 Å². The first-order chi connectivity index (χ1) is 11.0. The molecule has 1 aromatic heterocycles. The van der Waals surface area contributed by atoms with Crippen LogP contribution in [0.15, 0.2) is 18.3 Å². The van der Waals surface area contributed by atoms with Gasteiger partial charge >= 0.3 is 5.97 Å². The summed E-state index contributed by atoms with van der Waals surface area (Å²) in [6.07, 6.45) is 4.37. The Balaban J connectivity index is 1.61. The summed E-state index contributed by atoms with van der Waals surface area (Å²) in [4.78, 5) is 29.9. The van der Waals surface area contributed by atoms with Crippen LogP contribution in [0, 0.1) is 5.92 Å². The van der Waals surface area contributed by atoms with Crippen molar-refractivity contribution >= 4 is 11.9 Å². The van der Waals surface area contributed by atoms with Gasteiger partial charge in [-0.15, -0.1) is 0 Å². The number of nitrogens with zero attached hydrogens (tertiary/aromatic N) is 2. The number of rotatable bonds is 4. The molecule has 0 bridgehead atoms. The third-order valence-corrected chi connectivity index (χ3v) is 5.17. The molecule has 0 unspecified atom stereocenters. The monoisotopic (exact) mass is 317 g/mol. The SMILES string of the molecule is CCc1ccc(CN2CCC3(CC2)NC(=O)C[C@H]3C(=O)O)nc1. The molecule has 3 rings (SSSR count). The van der Waals surface area contributed by atoms with Crippen LogP contribution in [0.3, 0.4) is 0 Å². The van der Waals surface area contributed by atoms with Gasteiger partial charge in [-0.25, -0.2) is 0 Å². The summed E-state index contributed by atoms with van der Waals surface area (Å²) in [6, 6.07) is 4.16. The normalized spacial score (nSPS) is 23.9. The van der Waals surface area contributed by atoms with Gasteiger partial charge in [0.05, 0.1) is 17.2 Å². The molecule has 0 saturated carbocycles. The van der Waals surface area contributed by atoms with Crippen molar-refractivity contribution < 1.29 is 14.7 Å². The number of amides is 1. The molecule has 1 spiro atoms. The van der Waals surface area contributed by atoms with Gasteiger partial charge < -0.3 is 10.4 Å². The number of likely N-dealkylation sites (tertiary alicyclic amines) is 1. The molecule has 124 valence electrons. The van der Waals surface area contributed by atoms with E-state index in [1.807, 2.05) is 6.20 Å². The van der Waals surface area contributed by atoms with Gasteiger partial charge in [0.15, 0.2) is 0 Å². The van der Waals surface area contributed by atoms with Crippen LogP contribution in [0.5, 0.6) is 0 Å². The van der Waals surface area contributed by atoms with Crippen molar-refractivity contribution in [2.75, 3.05) is 13.1 Å². The van der Waals surface area contributed by atoms with Gasteiger partial charge in [0.2, 0.25) is 5.91 Å². The number of aryl methyl sites for hydroxylation is 1. The van der Waals surface area contributed by atoms with Crippen LogP contribution < -0.4 is 5.32 Å².